The number of nitrogens with zero attached hydrogens (tertiary/aromatic N) is 2. The van der Waals surface area contributed by atoms with Gasteiger partial charge in [-0.05, 0) is 26.8 Å². The number of thiazole rings is 1. The maximum Gasteiger partial charge on any atom is 0.185 e. The summed E-state index contributed by atoms with van der Waals surface area (Å²) in [5.41, 5.74) is 1.33. The largest absolute Gasteiger partial charge is 0.380 e. The van der Waals surface area contributed by atoms with Gasteiger partial charge in [0.1, 0.15) is 0 Å². The van der Waals surface area contributed by atoms with Crippen LogP contribution < -0.4 is 10.2 Å². The number of rotatable bonds is 8. The van der Waals surface area contributed by atoms with E-state index in [1.54, 1.807) is 0 Å². The molecular formula is C13H23N3OS. The molecule has 1 N–H and O–H groups in total. The number of ether oxygens (including phenoxy) is 1. The monoisotopic (exact) mass is 269 g/mol. The molecule has 1 heterocycles. The molecule has 0 bridgehead atoms. The van der Waals surface area contributed by atoms with Crippen molar-refractivity contribution in [1.82, 2.24) is 10.3 Å². The molecule has 1 aliphatic rings. The predicted octanol–water partition coefficient (Wildman–Crippen LogP) is 2.21. The Morgan fingerprint density at radius 2 is 2.28 bits per heavy atom. The molecule has 0 saturated heterocycles. The van der Waals surface area contributed by atoms with Gasteiger partial charge in [-0.25, -0.2) is 4.98 Å². The molecule has 0 radical (unpaired) electrons. The highest BCUT2D eigenvalue weighted by atomic mass is 32.1. The van der Waals surface area contributed by atoms with Crippen LogP contribution in [0.2, 0.25) is 0 Å². The first-order valence-electron chi connectivity index (χ1n) is 6.69. The zero-order chi connectivity index (χ0) is 13.0. The van der Waals surface area contributed by atoms with Gasteiger partial charge < -0.3 is 15.0 Å². The van der Waals surface area contributed by atoms with Crippen molar-refractivity contribution < 1.29 is 4.74 Å². The highest BCUT2D eigenvalue weighted by Gasteiger charge is 2.29. The minimum Gasteiger partial charge on any atom is -0.380 e. The maximum atomic E-state index is 5.39. The molecule has 0 atom stereocenters. The third kappa shape index (κ3) is 3.43. The van der Waals surface area contributed by atoms with Crippen LogP contribution in [0.1, 0.15) is 36.3 Å². The van der Waals surface area contributed by atoms with Gasteiger partial charge in [0, 0.05) is 37.5 Å². The molecular weight excluding hydrogens is 246 g/mol. The van der Waals surface area contributed by atoms with Gasteiger partial charge in [-0.1, -0.05) is 0 Å². The van der Waals surface area contributed by atoms with Gasteiger partial charge in [-0.2, -0.15) is 0 Å². The summed E-state index contributed by atoms with van der Waals surface area (Å²) >= 11 is 1.82. The molecule has 4 nitrogen and oxygen atoms in total. The van der Waals surface area contributed by atoms with Crippen molar-refractivity contribution in [2.45, 2.75) is 32.2 Å². The molecule has 18 heavy (non-hydrogen) atoms. The van der Waals surface area contributed by atoms with Crippen LogP contribution in [0.15, 0.2) is 0 Å². The second kappa shape index (κ2) is 6.50. The molecule has 102 valence electrons. The van der Waals surface area contributed by atoms with Crippen LogP contribution in [0.5, 0.6) is 0 Å². The molecule has 2 rings (SSSR count). The Morgan fingerprint density at radius 3 is 2.89 bits per heavy atom. The Balaban J connectivity index is 2.00. The van der Waals surface area contributed by atoms with Crippen molar-refractivity contribution in [2.75, 3.05) is 38.8 Å². The van der Waals surface area contributed by atoms with Gasteiger partial charge in [0.25, 0.3) is 0 Å². The Kier molecular flexibility index (Phi) is 4.97. The van der Waals surface area contributed by atoms with E-state index in [1.807, 2.05) is 25.3 Å². The quantitative estimate of drug-likeness (QED) is 0.734. The average molecular weight is 269 g/mol. The van der Waals surface area contributed by atoms with Gasteiger partial charge in [0.2, 0.25) is 0 Å². The van der Waals surface area contributed by atoms with E-state index in [1.165, 1.54) is 23.4 Å². The second-order valence-corrected chi connectivity index (χ2v) is 5.79. The third-order valence-corrected chi connectivity index (χ3v) is 4.30. The topological polar surface area (TPSA) is 37.4 Å². The Morgan fingerprint density at radius 1 is 1.50 bits per heavy atom. The van der Waals surface area contributed by atoms with Gasteiger partial charge in [0.05, 0.1) is 12.3 Å². The zero-order valence-corrected chi connectivity index (χ0v) is 12.3. The third-order valence-electron chi connectivity index (χ3n) is 3.12. The van der Waals surface area contributed by atoms with E-state index < -0.39 is 0 Å². The van der Waals surface area contributed by atoms with Crippen molar-refractivity contribution >= 4 is 16.5 Å². The molecule has 0 spiro atoms. The van der Waals surface area contributed by atoms with Gasteiger partial charge in [0.15, 0.2) is 5.13 Å². The Hall–Kier alpha value is -0.650. The summed E-state index contributed by atoms with van der Waals surface area (Å²) < 4.78 is 5.39. The van der Waals surface area contributed by atoms with Gasteiger partial charge in [-0.3, -0.25) is 0 Å². The lowest BCUT2D eigenvalue weighted by molar-refractivity contribution is 0.154. The molecule has 1 aromatic rings. The van der Waals surface area contributed by atoms with Gasteiger partial charge in [-0.15, -0.1) is 11.3 Å². The Bertz CT molecular complexity index is 376. The van der Waals surface area contributed by atoms with Crippen LogP contribution in [0.4, 0.5) is 5.13 Å². The lowest BCUT2D eigenvalue weighted by Crippen LogP contribution is -2.22. The fourth-order valence-electron chi connectivity index (χ4n) is 1.92. The molecule has 1 aromatic heterocycles. The minimum absolute atomic E-state index is 0.721. The number of likely N-dealkylation sites (N-methyl/N-ethyl adjacent to an activating group) is 1. The van der Waals surface area contributed by atoms with E-state index in [9.17, 15) is 0 Å². The van der Waals surface area contributed by atoms with E-state index in [4.69, 9.17) is 9.72 Å². The van der Waals surface area contributed by atoms with Crippen molar-refractivity contribution in [3.8, 4) is 0 Å². The lowest BCUT2D eigenvalue weighted by Gasteiger charge is -2.15. The van der Waals surface area contributed by atoms with Crippen molar-refractivity contribution in [3.05, 3.63) is 10.6 Å². The molecule has 0 unspecified atom stereocenters. The number of hydrogen-bond donors (Lipinski definition) is 1. The Labute approximate surface area is 113 Å². The average Bonchev–Trinajstić information content (AvgIpc) is 3.12. The van der Waals surface area contributed by atoms with E-state index in [0.29, 0.717) is 0 Å². The molecule has 5 heteroatoms. The summed E-state index contributed by atoms with van der Waals surface area (Å²) in [6.07, 6.45) is 2.62. The standard InChI is InChI=1S/C13H23N3OS/c1-4-17-8-7-16(3)13-15-12(10-5-6-10)11(18-13)9-14-2/h10,14H,4-9H2,1-3H3. The fourth-order valence-corrected chi connectivity index (χ4v) is 3.06. The number of nitrogens with one attached hydrogen (secondary N) is 1. The fraction of sp³-hybridized carbons (Fsp3) is 0.769. The number of hydrogen-bond acceptors (Lipinski definition) is 5. The van der Waals surface area contributed by atoms with E-state index in [0.717, 1.165) is 37.4 Å². The summed E-state index contributed by atoms with van der Waals surface area (Å²) in [5.74, 6) is 0.721. The maximum absolute atomic E-state index is 5.39. The van der Waals surface area contributed by atoms with Crippen LogP contribution in [-0.4, -0.2) is 38.8 Å². The van der Waals surface area contributed by atoms with E-state index in [-0.39, 0.29) is 0 Å². The molecule has 0 aliphatic heterocycles. The highest BCUT2D eigenvalue weighted by Crippen LogP contribution is 2.44. The summed E-state index contributed by atoms with van der Waals surface area (Å²) in [6.45, 7) is 5.42. The molecule has 0 amide bonds. The zero-order valence-electron chi connectivity index (χ0n) is 11.5. The van der Waals surface area contributed by atoms with Crippen LogP contribution in [0.25, 0.3) is 0 Å². The smallest absolute Gasteiger partial charge is 0.185 e. The summed E-state index contributed by atoms with van der Waals surface area (Å²) in [6, 6.07) is 0. The normalized spacial score (nSPS) is 15.1. The first kappa shape index (κ1) is 13.8. The van der Waals surface area contributed by atoms with E-state index >= 15 is 0 Å². The van der Waals surface area contributed by atoms with Crippen molar-refractivity contribution in [1.29, 1.82) is 0 Å². The summed E-state index contributed by atoms with van der Waals surface area (Å²) in [4.78, 5) is 8.42. The first-order chi connectivity index (χ1) is 8.76. The second-order valence-electron chi connectivity index (χ2n) is 4.73. The molecule has 1 saturated carbocycles. The SMILES string of the molecule is CCOCCN(C)c1nc(C2CC2)c(CNC)s1. The molecule has 1 aliphatic carbocycles. The summed E-state index contributed by atoms with van der Waals surface area (Å²) in [5, 5.41) is 4.37. The minimum atomic E-state index is 0.721. The molecule has 0 aromatic carbocycles. The molecule has 1 fully saturated rings. The van der Waals surface area contributed by atoms with Gasteiger partial charge >= 0.3 is 0 Å². The van der Waals surface area contributed by atoms with Crippen LogP contribution in [0, 0.1) is 0 Å². The number of aromatic nitrogens is 1. The van der Waals surface area contributed by atoms with Crippen molar-refractivity contribution in [3.63, 3.8) is 0 Å². The van der Waals surface area contributed by atoms with E-state index in [2.05, 4.69) is 17.3 Å². The van der Waals surface area contributed by atoms with Crippen LogP contribution in [0.3, 0.4) is 0 Å². The highest BCUT2D eigenvalue weighted by molar-refractivity contribution is 7.15. The van der Waals surface area contributed by atoms with Crippen molar-refractivity contribution in [2.24, 2.45) is 0 Å². The predicted molar refractivity (Wildman–Crippen MR) is 76.6 cm³/mol. The lowest BCUT2D eigenvalue weighted by atomic mass is 10.2. The number of anilines is 1. The summed E-state index contributed by atoms with van der Waals surface area (Å²) in [7, 11) is 4.09. The van der Waals surface area contributed by atoms with Crippen LogP contribution >= 0.6 is 11.3 Å². The first-order valence-corrected chi connectivity index (χ1v) is 7.51. The van der Waals surface area contributed by atoms with Crippen LogP contribution in [-0.2, 0) is 11.3 Å².